The smallest absolute Gasteiger partial charge is 0.269 e. The summed E-state index contributed by atoms with van der Waals surface area (Å²) in [4.78, 5) is 52.0. The van der Waals surface area contributed by atoms with Crippen molar-refractivity contribution >= 4 is 58.0 Å². The molecule has 1 atom stereocenters. The number of nitro benzene ring substituents is 1. The van der Waals surface area contributed by atoms with Crippen LogP contribution < -0.4 is 21.3 Å². The van der Waals surface area contributed by atoms with Gasteiger partial charge in [0.25, 0.3) is 17.5 Å². The lowest BCUT2D eigenvalue weighted by molar-refractivity contribution is -0.384. The molecule has 0 saturated heterocycles. The number of nitrogens with one attached hydrogen (secondary N) is 2. The number of benzene rings is 3. The Morgan fingerprint density at radius 1 is 1.10 bits per heavy atom. The number of hydrogen-bond donors (Lipinski definition) is 3. The molecule has 1 aliphatic heterocycles. The lowest BCUT2D eigenvalue weighted by atomic mass is 9.94. The van der Waals surface area contributed by atoms with Crippen LogP contribution in [0.2, 0.25) is 10.0 Å². The molecular weight excluding hydrogens is 557 g/mol. The lowest BCUT2D eigenvalue weighted by Gasteiger charge is -2.31. The van der Waals surface area contributed by atoms with E-state index in [1.54, 1.807) is 24.3 Å². The van der Waals surface area contributed by atoms with E-state index in [4.69, 9.17) is 28.9 Å². The van der Waals surface area contributed by atoms with Gasteiger partial charge in [-0.05, 0) is 60.0 Å². The van der Waals surface area contributed by atoms with E-state index < -0.39 is 22.8 Å². The zero-order valence-electron chi connectivity index (χ0n) is 21.7. The van der Waals surface area contributed by atoms with Gasteiger partial charge >= 0.3 is 0 Å². The first-order valence-corrected chi connectivity index (χ1v) is 13.1. The van der Waals surface area contributed by atoms with Crippen LogP contribution in [-0.4, -0.2) is 35.7 Å². The van der Waals surface area contributed by atoms with E-state index in [2.05, 4.69) is 10.6 Å². The zero-order chi connectivity index (χ0) is 29.2. The van der Waals surface area contributed by atoms with E-state index in [0.717, 1.165) is 0 Å². The summed E-state index contributed by atoms with van der Waals surface area (Å²) in [6, 6.07) is 13.7. The predicted octanol–water partition coefficient (Wildman–Crippen LogP) is 5.35. The average Bonchev–Trinajstić information content (AvgIpc) is 3.06. The molecule has 0 radical (unpaired) electrons. The number of non-ortho nitro benzene ring substituents is 1. The highest BCUT2D eigenvalue weighted by Crippen LogP contribution is 2.42. The van der Waals surface area contributed by atoms with Crippen LogP contribution in [0.3, 0.4) is 0 Å². The minimum atomic E-state index is -0.848. The van der Waals surface area contributed by atoms with Gasteiger partial charge in [0.2, 0.25) is 5.91 Å². The van der Waals surface area contributed by atoms with Gasteiger partial charge in [-0.3, -0.25) is 29.4 Å². The van der Waals surface area contributed by atoms with Crippen LogP contribution in [0.25, 0.3) is 0 Å². The number of hydrogen-bond acceptors (Lipinski definition) is 6. The third-order valence-electron chi connectivity index (χ3n) is 6.63. The Morgan fingerprint density at radius 2 is 1.77 bits per heavy atom. The van der Waals surface area contributed by atoms with Crippen molar-refractivity contribution in [2.75, 3.05) is 23.3 Å². The van der Waals surface area contributed by atoms with Gasteiger partial charge in [0.05, 0.1) is 28.8 Å². The van der Waals surface area contributed by atoms with Crippen molar-refractivity contribution in [2.24, 2.45) is 11.1 Å². The fraction of sp³-hybridized carbons (Fsp3) is 0.250. The fourth-order valence-electron chi connectivity index (χ4n) is 4.25. The Hall–Kier alpha value is -3.99. The van der Waals surface area contributed by atoms with Crippen molar-refractivity contribution in [2.45, 2.75) is 26.3 Å². The zero-order valence-corrected chi connectivity index (χ0v) is 23.3. The van der Waals surface area contributed by atoms with E-state index in [9.17, 15) is 24.5 Å². The molecule has 40 heavy (non-hydrogen) atoms. The molecule has 4 rings (SSSR count). The Kier molecular flexibility index (Phi) is 8.43. The number of anilines is 2. The van der Waals surface area contributed by atoms with E-state index in [1.807, 2.05) is 13.8 Å². The molecule has 4 N–H and O–H groups in total. The summed E-state index contributed by atoms with van der Waals surface area (Å²) in [6.07, 6.45) is -0.152. The first-order valence-electron chi connectivity index (χ1n) is 12.4. The van der Waals surface area contributed by atoms with Crippen LogP contribution in [0.15, 0.2) is 60.7 Å². The second-order valence-corrected chi connectivity index (χ2v) is 11.0. The second kappa shape index (κ2) is 11.6. The molecular formula is C28H27Cl2N5O5. The predicted molar refractivity (Wildman–Crippen MR) is 154 cm³/mol. The highest BCUT2D eigenvalue weighted by atomic mass is 35.5. The number of nitro groups is 1. The van der Waals surface area contributed by atoms with Crippen molar-refractivity contribution < 1.29 is 19.3 Å². The van der Waals surface area contributed by atoms with Gasteiger partial charge in [-0.15, -0.1) is 0 Å². The molecule has 0 bridgehead atoms. The summed E-state index contributed by atoms with van der Waals surface area (Å²) in [5.74, 6) is -1.29. The van der Waals surface area contributed by atoms with Gasteiger partial charge in [-0.1, -0.05) is 43.1 Å². The highest BCUT2D eigenvalue weighted by Gasteiger charge is 2.36. The number of rotatable bonds is 7. The van der Waals surface area contributed by atoms with Crippen LogP contribution in [0.4, 0.5) is 17.1 Å². The molecule has 208 valence electrons. The standard InChI is InChI=1S/C28H27Cl2N5O5/c1-28(2,14-31)15-32-26(37)17-5-10-23-22(11-17)33-25(36)13-24(20-9-6-18(29)12-21(20)30)34(23)27(38)16-3-7-19(8-4-16)35(39)40/h3-12,24H,13-15,31H2,1-2H3,(H,32,37)(H,33,36). The molecule has 0 spiro atoms. The fourth-order valence-corrected chi connectivity index (χ4v) is 4.79. The van der Waals surface area contributed by atoms with E-state index in [1.165, 1.54) is 41.3 Å². The van der Waals surface area contributed by atoms with Crippen molar-refractivity contribution in [1.82, 2.24) is 5.32 Å². The van der Waals surface area contributed by atoms with E-state index >= 15 is 0 Å². The average molecular weight is 584 g/mol. The largest absolute Gasteiger partial charge is 0.351 e. The highest BCUT2D eigenvalue weighted by molar-refractivity contribution is 6.35. The Labute approximate surface area is 240 Å². The van der Waals surface area contributed by atoms with Gasteiger partial charge in [-0.25, -0.2) is 0 Å². The number of nitrogens with two attached hydrogens (primary N) is 1. The molecule has 1 aliphatic rings. The van der Waals surface area contributed by atoms with E-state index in [-0.39, 0.29) is 45.3 Å². The molecule has 0 fully saturated rings. The van der Waals surface area contributed by atoms with Crippen molar-refractivity contribution in [3.05, 3.63) is 97.5 Å². The summed E-state index contributed by atoms with van der Waals surface area (Å²) < 4.78 is 0. The Bertz CT molecular complexity index is 1490. The van der Waals surface area contributed by atoms with Gasteiger partial charge < -0.3 is 16.4 Å². The minimum absolute atomic E-state index is 0.152. The van der Waals surface area contributed by atoms with Crippen LogP contribution >= 0.6 is 23.2 Å². The maximum atomic E-state index is 14.0. The van der Waals surface area contributed by atoms with Crippen molar-refractivity contribution in [3.63, 3.8) is 0 Å². The first-order chi connectivity index (χ1) is 18.9. The number of halogens is 2. The molecule has 3 aromatic rings. The number of fused-ring (bicyclic) bond motifs is 1. The quantitative estimate of drug-likeness (QED) is 0.252. The lowest BCUT2D eigenvalue weighted by Crippen LogP contribution is -2.38. The molecule has 0 saturated carbocycles. The molecule has 0 aliphatic carbocycles. The molecule has 1 heterocycles. The third-order valence-corrected chi connectivity index (χ3v) is 7.19. The maximum Gasteiger partial charge on any atom is 0.269 e. The molecule has 1 unspecified atom stereocenters. The summed E-state index contributed by atoms with van der Waals surface area (Å²) in [5.41, 5.74) is 6.77. The Morgan fingerprint density at radius 3 is 2.40 bits per heavy atom. The molecule has 12 heteroatoms. The summed E-state index contributed by atoms with van der Waals surface area (Å²) in [7, 11) is 0. The van der Waals surface area contributed by atoms with Crippen LogP contribution in [-0.2, 0) is 4.79 Å². The SMILES string of the molecule is CC(C)(CN)CNC(=O)c1ccc2c(c1)NC(=O)CC(c1ccc(Cl)cc1Cl)N2C(=O)c1ccc([N+](=O)[O-])cc1. The monoisotopic (exact) mass is 583 g/mol. The number of carbonyl (C=O) groups is 3. The normalized spacial score (nSPS) is 15.1. The summed E-state index contributed by atoms with van der Waals surface area (Å²) in [6.45, 7) is 4.57. The van der Waals surface area contributed by atoms with Crippen LogP contribution in [0.5, 0.6) is 0 Å². The van der Waals surface area contributed by atoms with E-state index in [0.29, 0.717) is 29.4 Å². The van der Waals surface area contributed by atoms with Gasteiger partial charge in [0.1, 0.15) is 0 Å². The van der Waals surface area contributed by atoms with Gasteiger partial charge in [0.15, 0.2) is 0 Å². The van der Waals surface area contributed by atoms with Gasteiger partial charge in [0, 0.05) is 39.8 Å². The van der Waals surface area contributed by atoms with Gasteiger partial charge in [-0.2, -0.15) is 0 Å². The topological polar surface area (TPSA) is 148 Å². The molecule has 3 amide bonds. The molecule has 3 aromatic carbocycles. The maximum absolute atomic E-state index is 14.0. The third kappa shape index (κ3) is 6.25. The number of carbonyl (C=O) groups excluding carboxylic acids is 3. The summed E-state index contributed by atoms with van der Waals surface area (Å²) >= 11 is 12.6. The Balaban J connectivity index is 1.81. The minimum Gasteiger partial charge on any atom is -0.351 e. The number of amides is 3. The van der Waals surface area contributed by atoms with Crippen molar-refractivity contribution in [3.8, 4) is 0 Å². The molecule has 0 aromatic heterocycles. The molecule has 10 nitrogen and oxygen atoms in total. The van der Waals surface area contributed by atoms with Crippen LogP contribution in [0, 0.1) is 15.5 Å². The van der Waals surface area contributed by atoms with Crippen LogP contribution in [0.1, 0.15) is 52.6 Å². The second-order valence-electron chi connectivity index (χ2n) is 10.2. The van der Waals surface area contributed by atoms with Crippen molar-refractivity contribution in [1.29, 1.82) is 0 Å². The first kappa shape index (κ1) is 29.0. The number of nitrogens with zero attached hydrogens (tertiary/aromatic N) is 2. The summed E-state index contributed by atoms with van der Waals surface area (Å²) in [5, 5.41) is 17.4.